The van der Waals surface area contributed by atoms with Crippen molar-refractivity contribution in [2.75, 3.05) is 0 Å². The first kappa shape index (κ1) is 24.3. The Hall–Kier alpha value is -4.80. The molecule has 0 radical (unpaired) electrons. The standard InChI is InChI=1S/C36H23BrO3/c37-27-21-29(38-28-17-15-25(16-18-28)24-9-3-1-4-10-24)23-30(22-27)39-34-20-19-31(26-11-5-2-6-12-26)36-35(34)32-13-7-8-14-33(32)40-36/h1-23H. The Morgan fingerprint density at radius 2 is 1.12 bits per heavy atom. The van der Waals surface area contributed by atoms with Gasteiger partial charge < -0.3 is 13.9 Å². The van der Waals surface area contributed by atoms with Gasteiger partial charge in [0.05, 0.1) is 5.39 Å². The molecule has 0 saturated heterocycles. The van der Waals surface area contributed by atoms with Crippen molar-refractivity contribution in [2.45, 2.75) is 0 Å². The highest BCUT2D eigenvalue weighted by atomic mass is 79.9. The SMILES string of the molecule is Brc1cc(Oc2ccc(-c3ccccc3)cc2)cc(Oc2ccc(-c3ccccc3)c3oc4ccccc4c23)c1. The van der Waals surface area contributed by atoms with Crippen molar-refractivity contribution in [2.24, 2.45) is 0 Å². The smallest absolute Gasteiger partial charge is 0.147 e. The molecule has 0 aliphatic carbocycles. The number of ether oxygens (including phenoxy) is 2. The summed E-state index contributed by atoms with van der Waals surface area (Å²) >= 11 is 3.63. The Bertz CT molecular complexity index is 1940. The van der Waals surface area contributed by atoms with Crippen LogP contribution in [0.4, 0.5) is 0 Å². The summed E-state index contributed by atoms with van der Waals surface area (Å²) in [5, 5.41) is 1.95. The van der Waals surface area contributed by atoms with Crippen LogP contribution in [-0.2, 0) is 0 Å². The number of benzene rings is 6. The quantitative estimate of drug-likeness (QED) is 0.195. The highest BCUT2D eigenvalue weighted by Gasteiger charge is 2.18. The summed E-state index contributed by atoms with van der Waals surface area (Å²) in [6, 6.07) is 46.5. The number of hydrogen-bond donors (Lipinski definition) is 0. The van der Waals surface area contributed by atoms with Gasteiger partial charge in [-0.2, -0.15) is 0 Å². The van der Waals surface area contributed by atoms with Crippen molar-refractivity contribution >= 4 is 37.9 Å². The third-order valence-electron chi connectivity index (χ3n) is 6.84. The van der Waals surface area contributed by atoms with Crippen LogP contribution in [0.15, 0.2) is 148 Å². The van der Waals surface area contributed by atoms with Gasteiger partial charge in [0.2, 0.25) is 0 Å². The van der Waals surface area contributed by atoms with Gasteiger partial charge in [0.1, 0.15) is 34.2 Å². The van der Waals surface area contributed by atoms with Crippen LogP contribution in [0, 0.1) is 0 Å². The number of furan rings is 1. The first-order valence-corrected chi connectivity index (χ1v) is 13.8. The van der Waals surface area contributed by atoms with E-state index in [0.29, 0.717) is 11.5 Å². The van der Waals surface area contributed by atoms with Crippen molar-refractivity contribution in [3.05, 3.63) is 144 Å². The van der Waals surface area contributed by atoms with Crippen molar-refractivity contribution in [3.8, 4) is 45.3 Å². The predicted molar refractivity (Wildman–Crippen MR) is 165 cm³/mol. The van der Waals surface area contributed by atoms with Gasteiger partial charge in [-0.05, 0) is 59.2 Å². The summed E-state index contributed by atoms with van der Waals surface area (Å²) in [5.74, 6) is 2.80. The maximum absolute atomic E-state index is 6.52. The predicted octanol–water partition coefficient (Wildman–Crippen LogP) is 11.3. The fraction of sp³-hybridized carbons (Fsp3) is 0. The van der Waals surface area contributed by atoms with Gasteiger partial charge in [0.15, 0.2) is 0 Å². The normalized spacial score (nSPS) is 11.1. The largest absolute Gasteiger partial charge is 0.457 e. The molecule has 0 atom stereocenters. The van der Waals surface area contributed by atoms with Crippen LogP contribution in [0.5, 0.6) is 23.0 Å². The van der Waals surface area contributed by atoms with Crippen LogP contribution < -0.4 is 9.47 Å². The molecule has 0 fully saturated rings. The van der Waals surface area contributed by atoms with Gasteiger partial charge >= 0.3 is 0 Å². The summed E-state index contributed by atoms with van der Waals surface area (Å²) in [7, 11) is 0. The summed E-state index contributed by atoms with van der Waals surface area (Å²) in [4.78, 5) is 0. The molecule has 192 valence electrons. The summed E-state index contributed by atoms with van der Waals surface area (Å²) in [6.45, 7) is 0. The van der Waals surface area contributed by atoms with Gasteiger partial charge in [0, 0.05) is 21.5 Å². The van der Waals surface area contributed by atoms with Gasteiger partial charge in [-0.3, -0.25) is 0 Å². The molecule has 0 saturated carbocycles. The molecule has 7 rings (SSSR count). The number of fused-ring (bicyclic) bond motifs is 3. The fourth-order valence-electron chi connectivity index (χ4n) is 4.99. The molecule has 40 heavy (non-hydrogen) atoms. The third kappa shape index (κ3) is 4.74. The number of para-hydroxylation sites is 1. The lowest BCUT2D eigenvalue weighted by atomic mass is 10.0. The molecule has 4 heteroatoms. The van der Waals surface area contributed by atoms with E-state index in [-0.39, 0.29) is 0 Å². The summed E-state index contributed by atoms with van der Waals surface area (Å²) in [6.07, 6.45) is 0. The molecule has 0 aliphatic heterocycles. The Morgan fingerprint density at radius 1 is 0.500 bits per heavy atom. The first-order chi connectivity index (χ1) is 19.7. The van der Waals surface area contributed by atoms with Crippen molar-refractivity contribution < 1.29 is 13.9 Å². The van der Waals surface area contributed by atoms with Crippen molar-refractivity contribution in [1.82, 2.24) is 0 Å². The molecule has 0 aliphatic rings. The van der Waals surface area contributed by atoms with E-state index in [0.717, 1.165) is 54.6 Å². The summed E-state index contributed by atoms with van der Waals surface area (Å²) in [5.41, 5.74) is 6.05. The lowest BCUT2D eigenvalue weighted by molar-refractivity contribution is 0.462. The summed E-state index contributed by atoms with van der Waals surface area (Å²) < 4.78 is 20.0. The maximum Gasteiger partial charge on any atom is 0.147 e. The Labute approximate surface area is 240 Å². The molecule has 7 aromatic rings. The zero-order valence-electron chi connectivity index (χ0n) is 21.4. The first-order valence-electron chi connectivity index (χ1n) is 13.0. The van der Waals surface area contributed by atoms with Crippen LogP contribution in [-0.4, -0.2) is 0 Å². The zero-order chi connectivity index (χ0) is 26.9. The number of halogens is 1. The minimum atomic E-state index is 0.657. The third-order valence-corrected chi connectivity index (χ3v) is 7.30. The second-order valence-electron chi connectivity index (χ2n) is 9.50. The zero-order valence-corrected chi connectivity index (χ0v) is 23.0. The molecule has 1 aromatic heterocycles. The molecule has 3 nitrogen and oxygen atoms in total. The Kier molecular flexibility index (Phi) is 6.31. The van der Waals surface area contributed by atoms with E-state index in [1.165, 1.54) is 5.56 Å². The van der Waals surface area contributed by atoms with Crippen molar-refractivity contribution in [1.29, 1.82) is 0 Å². The topological polar surface area (TPSA) is 31.6 Å². The van der Waals surface area contributed by atoms with E-state index < -0.39 is 0 Å². The van der Waals surface area contributed by atoms with Crippen molar-refractivity contribution in [3.63, 3.8) is 0 Å². The van der Waals surface area contributed by atoms with E-state index in [4.69, 9.17) is 13.9 Å². The number of hydrogen-bond acceptors (Lipinski definition) is 3. The lowest BCUT2D eigenvalue weighted by Gasteiger charge is -2.12. The Morgan fingerprint density at radius 3 is 1.88 bits per heavy atom. The molecule has 0 spiro atoms. The average molecular weight is 583 g/mol. The van der Waals surface area contributed by atoms with Crippen LogP contribution >= 0.6 is 15.9 Å². The van der Waals surface area contributed by atoms with Gasteiger partial charge in [0.25, 0.3) is 0 Å². The molecule has 1 heterocycles. The van der Waals surface area contributed by atoms with Gasteiger partial charge in [-0.1, -0.05) is 107 Å². The molecule has 6 aromatic carbocycles. The molecule has 0 unspecified atom stereocenters. The second kappa shape index (κ2) is 10.4. The molecule has 0 amide bonds. The van der Waals surface area contributed by atoms with E-state index in [2.05, 4.69) is 64.5 Å². The minimum Gasteiger partial charge on any atom is -0.457 e. The van der Waals surface area contributed by atoms with Crippen LogP contribution in [0.3, 0.4) is 0 Å². The van der Waals surface area contributed by atoms with E-state index >= 15 is 0 Å². The van der Waals surface area contributed by atoms with Crippen LogP contribution in [0.25, 0.3) is 44.2 Å². The number of rotatable bonds is 6. The van der Waals surface area contributed by atoms with Crippen LogP contribution in [0.2, 0.25) is 0 Å². The van der Waals surface area contributed by atoms with Gasteiger partial charge in [-0.25, -0.2) is 0 Å². The van der Waals surface area contributed by atoms with E-state index in [1.54, 1.807) is 0 Å². The average Bonchev–Trinajstić information content (AvgIpc) is 3.39. The molecular weight excluding hydrogens is 560 g/mol. The monoisotopic (exact) mass is 582 g/mol. The second-order valence-corrected chi connectivity index (χ2v) is 10.4. The van der Waals surface area contributed by atoms with Gasteiger partial charge in [-0.15, -0.1) is 0 Å². The lowest BCUT2D eigenvalue weighted by Crippen LogP contribution is -1.90. The maximum atomic E-state index is 6.52. The Balaban J connectivity index is 1.23. The molecular formula is C36H23BrO3. The highest BCUT2D eigenvalue weighted by Crippen LogP contribution is 2.43. The fourth-order valence-corrected chi connectivity index (χ4v) is 5.44. The highest BCUT2D eigenvalue weighted by molar-refractivity contribution is 9.10. The minimum absolute atomic E-state index is 0.657. The molecule has 0 bridgehead atoms. The van der Waals surface area contributed by atoms with Crippen LogP contribution in [0.1, 0.15) is 0 Å². The van der Waals surface area contributed by atoms with E-state index in [1.807, 2.05) is 91.0 Å². The van der Waals surface area contributed by atoms with E-state index in [9.17, 15) is 0 Å². The molecule has 0 N–H and O–H groups in total.